The third-order valence-corrected chi connectivity index (χ3v) is 9.46. The van der Waals surface area contributed by atoms with Crippen LogP contribution in [-0.2, 0) is 23.9 Å². The second-order valence-electron chi connectivity index (χ2n) is 16.0. The summed E-state index contributed by atoms with van der Waals surface area (Å²) in [4.78, 5) is 60.6. The summed E-state index contributed by atoms with van der Waals surface area (Å²) in [6.07, 6.45) is 1.83. The largest absolute Gasteiger partial charge is 0.476 e. The molecule has 3 aliphatic rings. The van der Waals surface area contributed by atoms with Gasteiger partial charge in [-0.3, -0.25) is 14.4 Å². The highest BCUT2D eigenvalue weighted by molar-refractivity contribution is 6.04. The van der Waals surface area contributed by atoms with Crippen molar-refractivity contribution in [3.05, 3.63) is 54.1 Å². The van der Waals surface area contributed by atoms with Crippen LogP contribution in [0.1, 0.15) is 85.8 Å². The molecule has 4 amide bonds. The van der Waals surface area contributed by atoms with Crippen LogP contribution in [-0.4, -0.2) is 90.0 Å². The van der Waals surface area contributed by atoms with Gasteiger partial charge in [0.15, 0.2) is 5.60 Å². The number of carbonyl (C=O) groups excluding carboxylic acids is 4. The first-order valence-electron chi connectivity index (χ1n) is 17.9. The molecule has 0 radical (unpaired) electrons. The van der Waals surface area contributed by atoms with Crippen molar-refractivity contribution >= 4 is 35.2 Å². The van der Waals surface area contributed by atoms with Crippen molar-refractivity contribution < 1.29 is 38.5 Å². The number of amides is 4. The van der Waals surface area contributed by atoms with Crippen LogP contribution in [0.2, 0.25) is 0 Å². The molecule has 1 saturated heterocycles. The quantitative estimate of drug-likeness (QED) is 0.304. The highest BCUT2D eigenvalue weighted by atomic mass is 16.6. The zero-order valence-corrected chi connectivity index (χ0v) is 31.2. The number of hydrogen-bond donors (Lipinski definition) is 2. The lowest BCUT2D eigenvalue weighted by molar-refractivity contribution is -0.133. The molecule has 5 rings (SSSR count). The Morgan fingerprint density at radius 3 is 2.31 bits per heavy atom. The van der Waals surface area contributed by atoms with Gasteiger partial charge in [-0.15, -0.1) is 0 Å². The summed E-state index contributed by atoms with van der Waals surface area (Å²) in [5, 5.41) is 14.1. The lowest BCUT2D eigenvalue weighted by atomic mass is 9.86. The Labute approximate surface area is 301 Å². The van der Waals surface area contributed by atoms with E-state index < -0.39 is 40.8 Å². The molecule has 51 heavy (non-hydrogen) atoms. The Morgan fingerprint density at radius 1 is 1.04 bits per heavy atom. The fourth-order valence-corrected chi connectivity index (χ4v) is 6.86. The monoisotopic (exact) mass is 706 g/mol. The number of hydrogen-bond acceptors (Lipinski definition) is 8. The van der Waals surface area contributed by atoms with E-state index in [0.29, 0.717) is 36.7 Å². The molecular formula is C39H54N4O8. The molecule has 2 aromatic rings. The average molecular weight is 707 g/mol. The molecule has 0 bridgehead atoms. The third-order valence-electron chi connectivity index (χ3n) is 9.46. The Morgan fingerprint density at radius 2 is 1.71 bits per heavy atom. The number of likely N-dealkylation sites (tertiary alicyclic amines) is 1. The molecule has 1 saturated carbocycles. The van der Waals surface area contributed by atoms with Crippen LogP contribution in [0.5, 0.6) is 5.75 Å². The molecule has 2 aromatic carbocycles. The van der Waals surface area contributed by atoms with Crippen LogP contribution in [0.4, 0.5) is 16.2 Å². The maximum absolute atomic E-state index is 14.7. The van der Waals surface area contributed by atoms with Gasteiger partial charge in [-0.1, -0.05) is 30.3 Å². The van der Waals surface area contributed by atoms with Crippen LogP contribution in [0, 0.1) is 11.8 Å². The molecule has 12 nitrogen and oxygen atoms in total. The van der Waals surface area contributed by atoms with Crippen molar-refractivity contribution in [1.82, 2.24) is 10.2 Å². The summed E-state index contributed by atoms with van der Waals surface area (Å²) >= 11 is 0. The van der Waals surface area contributed by atoms with Crippen LogP contribution in [0.25, 0.3) is 0 Å². The van der Waals surface area contributed by atoms with Crippen LogP contribution >= 0.6 is 0 Å². The van der Waals surface area contributed by atoms with Crippen molar-refractivity contribution in [3.8, 4) is 5.75 Å². The zero-order valence-electron chi connectivity index (χ0n) is 31.2. The number of fused-ring (bicyclic) bond motifs is 1. The molecule has 1 aliphatic carbocycles. The van der Waals surface area contributed by atoms with E-state index in [2.05, 4.69) is 5.32 Å². The van der Waals surface area contributed by atoms with Crippen molar-refractivity contribution in [2.75, 3.05) is 43.2 Å². The number of anilines is 2. The molecule has 0 aromatic heterocycles. The highest BCUT2D eigenvalue weighted by Gasteiger charge is 2.46. The van der Waals surface area contributed by atoms with E-state index in [0.717, 1.165) is 18.4 Å². The standard InChI is InChI=1S/C39H54N4O8/c1-37(2,3)51-36(47)41-23-26(33(44)40-32(38(4,5)48)25-13-10-9-11-14-25)21-27(24-41)34(45)43(28-15-16-28)29-17-18-31-30(22-29)42(19-12-20-49-8)35(46)39(6,7)50-31/h9-11,13-14,17-18,22,26-28,32,48H,12,15-16,19-21,23-24H2,1-8H3,(H,40,44)/t26-,27+,32-/m0/s1. The summed E-state index contributed by atoms with van der Waals surface area (Å²) in [7, 11) is 1.62. The van der Waals surface area contributed by atoms with Gasteiger partial charge in [-0.05, 0) is 97.9 Å². The second kappa shape index (κ2) is 14.8. The van der Waals surface area contributed by atoms with Gasteiger partial charge in [0.05, 0.1) is 29.2 Å². The number of nitrogens with zero attached hydrogens (tertiary/aromatic N) is 3. The number of nitrogens with one attached hydrogen (secondary N) is 1. The van der Waals surface area contributed by atoms with Gasteiger partial charge in [-0.2, -0.15) is 0 Å². The van der Waals surface area contributed by atoms with Gasteiger partial charge in [0, 0.05) is 45.1 Å². The molecule has 278 valence electrons. The summed E-state index contributed by atoms with van der Waals surface area (Å²) in [5.74, 6) is -1.67. The van der Waals surface area contributed by atoms with Crippen LogP contribution in [0.15, 0.2) is 48.5 Å². The fraction of sp³-hybridized carbons (Fsp3) is 0.590. The molecule has 0 spiro atoms. The van der Waals surface area contributed by atoms with E-state index in [4.69, 9.17) is 14.2 Å². The van der Waals surface area contributed by atoms with Crippen molar-refractivity contribution in [2.24, 2.45) is 11.8 Å². The Balaban J connectivity index is 1.45. The van der Waals surface area contributed by atoms with E-state index in [1.807, 2.05) is 42.5 Å². The van der Waals surface area contributed by atoms with Crippen LogP contribution in [0.3, 0.4) is 0 Å². The minimum Gasteiger partial charge on any atom is -0.476 e. The molecule has 3 atom stereocenters. The van der Waals surface area contributed by atoms with Gasteiger partial charge in [0.2, 0.25) is 11.8 Å². The summed E-state index contributed by atoms with van der Waals surface area (Å²) in [6.45, 7) is 13.1. The predicted molar refractivity (Wildman–Crippen MR) is 194 cm³/mol. The lowest BCUT2D eigenvalue weighted by Gasteiger charge is -2.41. The van der Waals surface area contributed by atoms with Gasteiger partial charge >= 0.3 is 6.09 Å². The van der Waals surface area contributed by atoms with E-state index in [1.165, 1.54) is 4.90 Å². The number of rotatable bonds is 11. The summed E-state index contributed by atoms with van der Waals surface area (Å²) < 4.78 is 17.1. The van der Waals surface area contributed by atoms with E-state index in [-0.39, 0.29) is 43.3 Å². The van der Waals surface area contributed by atoms with Gasteiger partial charge in [0.1, 0.15) is 11.4 Å². The summed E-state index contributed by atoms with van der Waals surface area (Å²) in [5.41, 5.74) is -1.19. The smallest absolute Gasteiger partial charge is 0.410 e. The first kappa shape index (κ1) is 38.1. The molecular weight excluding hydrogens is 652 g/mol. The second-order valence-corrected chi connectivity index (χ2v) is 16.0. The Kier molecular flexibility index (Phi) is 11.1. The van der Waals surface area contributed by atoms with E-state index in [9.17, 15) is 24.3 Å². The number of carbonyl (C=O) groups is 4. The topological polar surface area (TPSA) is 138 Å². The van der Waals surface area contributed by atoms with E-state index >= 15 is 0 Å². The molecule has 2 N–H and O–H groups in total. The molecule has 2 aliphatic heterocycles. The van der Waals surface area contributed by atoms with E-state index in [1.54, 1.807) is 71.4 Å². The zero-order chi connectivity index (χ0) is 37.3. The lowest BCUT2D eigenvalue weighted by Crippen LogP contribution is -2.55. The first-order valence-corrected chi connectivity index (χ1v) is 17.9. The normalized spacial score (nSPS) is 20.9. The Hall–Kier alpha value is -4.16. The number of methoxy groups -OCH3 is 1. The third kappa shape index (κ3) is 9.02. The van der Waals surface area contributed by atoms with Crippen molar-refractivity contribution in [3.63, 3.8) is 0 Å². The predicted octanol–water partition coefficient (Wildman–Crippen LogP) is 5.22. The maximum Gasteiger partial charge on any atom is 0.410 e. The number of aliphatic hydroxyl groups is 1. The van der Waals surface area contributed by atoms with Gasteiger partial charge < -0.3 is 39.3 Å². The minimum atomic E-state index is -1.29. The number of ether oxygens (including phenoxy) is 3. The van der Waals surface area contributed by atoms with Gasteiger partial charge in [0.25, 0.3) is 5.91 Å². The molecule has 0 unspecified atom stereocenters. The average Bonchev–Trinajstić information content (AvgIpc) is 3.89. The van der Waals surface area contributed by atoms with Crippen molar-refractivity contribution in [2.45, 2.75) is 103 Å². The molecule has 12 heteroatoms. The highest BCUT2D eigenvalue weighted by Crippen LogP contribution is 2.43. The SMILES string of the molecule is COCCCN1C(=O)C(C)(C)Oc2ccc(N(C(=O)[C@@H]3C[C@H](C(=O)N[C@@H](c4ccccc4)C(C)(C)O)CN(C(=O)OC(C)(C)C)C3)C3CC3)cc21. The first-order chi connectivity index (χ1) is 23.9. The molecule has 2 heterocycles. The molecule has 2 fully saturated rings. The maximum atomic E-state index is 14.7. The van der Waals surface area contributed by atoms with Crippen LogP contribution < -0.4 is 19.9 Å². The fourth-order valence-electron chi connectivity index (χ4n) is 6.86. The Bertz CT molecular complexity index is 1590. The van der Waals surface area contributed by atoms with Crippen molar-refractivity contribution in [1.29, 1.82) is 0 Å². The summed E-state index contributed by atoms with van der Waals surface area (Å²) in [6, 6.07) is 13.9. The minimum absolute atomic E-state index is 0.0593. The number of benzene rings is 2. The van der Waals surface area contributed by atoms with Gasteiger partial charge in [-0.25, -0.2) is 4.79 Å². The number of piperidine rings is 1.